The Morgan fingerprint density at radius 3 is 2.96 bits per heavy atom. The highest BCUT2D eigenvalue weighted by atomic mass is 16.2. The molecule has 4 rings (SSSR count). The Balaban J connectivity index is 1.23. The van der Waals surface area contributed by atoms with E-state index in [1.807, 2.05) is 12.3 Å². The van der Waals surface area contributed by atoms with Crippen LogP contribution in [0.2, 0.25) is 0 Å². The topological polar surface area (TPSA) is 76.0 Å². The Morgan fingerprint density at radius 1 is 1.24 bits per heavy atom. The molecule has 2 aliphatic rings. The second-order valence-electron chi connectivity index (χ2n) is 6.78. The minimum atomic E-state index is -0.216. The summed E-state index contributed by atoms with van der Waals surface area (Å²) in [5.41, 5.74) is 3.86. The van der Waals surface area contributed by atoms with Gasteiger partial charge in [-0.1, -0.05) is 0 Å². The molecule has 1 heterocycles. The molecular weight excluding hydrogens is 316 g/mol. The number of urea groups is 1. The van der Waals surface area contributed by atoms with Crippen LogP contribution in [0, 0.1) is 0 Å². The normalized spacial score (nSPS) is 15.9. The van der Waals surface area contributed by atoms with Crippen molar-refractivity contribution >= 4 is 17.5 Å². The lowest BCUT2D eigenvalue weighted by atomic mass is 10.1. The first-order valence-corrected chi connectivity index (χ1v) is 8.93. The highest BCUT2D eigenvalue weighted by Crippen LogP contribution is 2.39. The average Bonchev–Trinajstić information content (AvgIpc) is 3.23. The average molecular weight is 338 g/mol. The summed E-state index contributed by atoms with van der Waals surface area (Å²) >= 11 is 0. The van der Waals surface area contributed by atoms with Gasteiger partial charge >= 0.3 is 6.03 Å². The maximum Gasteiger partial charge on any atom is 0.319 e. The van der Waals surface area contributed by atoms with Crippen LogP contribution < -0.4 is 10.6 Å². The molecule has 25 heavy (non-hydrogen) atoms. The van der Waals surface area contributed by atoms with Gasteiger partial charge in [0.05, 0.1) is 0 Å². The van der Waals surface area contributed by atoms with Crippen LogP contribution in [0.4, 0.5) is 10.5 Å². The minimum absolute atomic E-state index is 0.190. The Morgan fingerprint density at radius 2 is 2.12 bits per heavy atom. The molecule has 0 unspecified atom stereocenters. The Kier molecular flexibility index (Phi) is 4.26. The second kappa shape index (κ2) is 6.70. The van der Waals surface area contributed by atoms with E-state index in [0.29, 0.717) is 18.9 Å². The molecule has 0 radical (unpaired) electrons. The van der Waals surface area contributed by atoms with Crippen LogP contribution in [0.15, 0.2) is 30.5 Å². The van der Waals surface area contributed by atoms with E-state index in [9.17, 15) is 9.59 Å². The summed E-state index contributed by atoms with van der Waals surface area (Å²) in [5, 5.41) is 10.1. The lowest BCUT2D eigenvalue weighted by Crippen LogP contribution is -2.30. The maximum absolute atomic E-state index is 12.0. The fourth-order valence-electron chi connectivity index (χ4n) is 3.39. The molecule has 6 heteroatoms. The van der Waals surface area contributed by atoms with Crippen molar-refractivity contribution < 1.29 is 9.59 Å². The summed E-state index contributed by atoms with van der Waals surface area (Å²) in [5.74, 6) is 0.876. The van der Waals surface area contributed by atoms with Crippen molar-refractivity contribution in [3.8, 4) is 0 Å². The number of hydrogen-bond acceptors (Lipinski definition) is 3. The number of Topliss-reactive ketones (excluding diaryl/α,β-unsaturated/α-hetero) is 1. The lowest BCUT2D eigenvalue weighted by molar-refractivity contribution is 0.0994. The zero-order chi connectivity index (χ0) is 17.2. The second-order valence-corrected chi connectivity index (χ2v) is 6.78. The van der Waals surface area contributed by atoms with Gasteiger partial charge in [-0.3, -0.25) is 9.48 Å². The van der Waals surface area contributed by atoms with Crippen molar-refractivity contribution in [3.63, 3.8) is 0 Å². The molecule has 0 saturated heterocycles. The monoisotopic (exact) mass is 338 g/mol. The van der Waals surface area contributed by atoms with Crippen LogP contribution in [0.25, 0.3) is 0 Å². The number of ketones is 1. The van der Waals surface area contributed by atoms with Gasteiger partial charge in [-0.15, -0.1) is 0 Å². The molecule has 2 aromatic rings. The molecule has 1 aromatic carbocycles. The zero-order valence-corrected chi connectivity index (χ0v) is 14.1. The first kappa shape index (κ1) is 15.9. The summed E-state index contributed by atoms with van der Waals surface area (Å²) < 4.78 is 2.05. The molecular formula is C19H22N4O2. The van der Waals surface area contributed by atoms with Crippen LogP contribution in [-0.4, -0.2) is 28.1 Å². The number of rotatable bonds is 6. The number of benzene rings is 1. The summed E-state index contributed by atoms with van der Waals surface area (Å²) in [6.45, 7) is 1.42. The van der Waals surface area contributed by atoms with Gasteiger partial charge in [0.25, 0.3) is 0 Å². The van der Waals surface area contributed by atoms with Gasteiger partial charge in [0.1, 0.15) is 0 Å². The fraction of sp³-hybridized carbons (Fsp3) is 0.421. The SMILES string of the molecule is O=C(NCCCn1nccc1C1CC1)Nc1ccc2c(c1)CCC2=O. The van der Waals surface area contributed by atoms with E-state index in [0.717, 1.165) is 36.2 Å². The van der Waals surface area contributed by atoms with Crippen molar-refractivity contribution in [1.82, 2.24) is 15.1 Å². The number of fused-ring (bicyclic) bond motifs is 1. The van der Waals surface area contributed by atoms with Crippen molar-refractivity contribution in [2.45, 2.75) is 44.6 Å². The van der Waals surface area contributed by atoms with Crippen LogP contribution in [-0.2, 0) is 13.0 Å². The zero-order valence-electron chi connectivity index (χ0n) is 14.1. The number of anilines is 1. The van der Waals surface area contributed by atoms with E-state index in [4.69, 9.17) is 0 Å². The first-order valence-electron chi connectivity index (χ1n) is 8.93. The summed E-state index contributed by atoms with van der Waals surface area (Å²) in [6.07, 6.45) is 6.55. The van der Waals surface area contributed by atoms with Crippen LogP contribution in [0.1, 0.15) is 53.2 Å². The number of carbonyl (C=O) groups is 2. The number of aryl methyl sites for hydroxylation is 2. The molecule has 2 N–H and O–H groups in total. The standard InChI is InChI=1S/C19H22N4O2/c24-18-7-4-14-12-15(5-6-16(14)18)22-19(25)20-9-1-11-23-17(8-10-21-23)13-2-3-13/h5-6,8,10,12-13H,1-4,7,9,11H2,(H2,20,22,25). The van der Waals surface area contributed by atoms with E-state index in [1.165, 1.54) is 18.5 Å². The molecule has 130 valence electrons. The Labute approximate surface area is 146 Å². The summed E-state index contributed by atoms with van der Waals surface area (Å²) in [7, 11) is 0. The lowest BCUT2D eigenvalue weighted by Gasteiger charge is -2.10. The van der Waals surface area contributed by atoms with E-state index < -0.39 is 0 Å². The number of aromatic nitrogens is 2. The van der Waals surface area contributed by atoms with Crippen molar-refractivity contribution in [1.29, 1.82) is 0 Å². The minimum Gasteiger partial charge on any atom is -0.338 e. The van der Waals surface area contributed by atoms with E-state index in [1.54, 1.807) is 12.1 Å². The molecule has 0 atom stereocenters. The van der Waals surface area contributed by atoms with Gasteiger partial charge in [0.2, 0.25) is 0 Å². The molecule has 6 nitrogen and oxygen atoms in total. The van der Waals surface area contributed by atoms with Crippen LogP contribution in [0.3, 0.4) is 0 Å². The smallest absolute Gasteiger partial charge is 0.319 e. The third-order valence-corrected chi connectivity index (χ3v) is 4.86. The molecule has 2 aliphatic carbocycles. The van der Waals surface area contributed by atoms with Gasteiger partial charge in [-0.25, -0.2) is 4.79 Å². The first-order chi connectivity index (χ1) is 12.2. The molecule has 0 spiro atoms. The predicted octanol–water partition coefficient (Wildman–Crippen LogP) is 3.10. The molecule has 0 bridgehead atoms. The summed E-state index contributed by atoms with van der Waals surface area (Å²) in [4.78, 5) is 23.6. The van der Waals surface area contributed by atoms with Crippen molar-refractivity contribution in [2.24, 2.45) is 0 Å². The number of carbonyl (C=O) groups excluding carboxylic acids is 2. The van der Waals surface area contributed by atoms with Gasteiger partial charge in [0, 0.05) is 48.6 Å². The highest BCUT2D eigenvalue weighted by Gasteiger charge is 2.26. The third-order valence-electron chi connectivity index (χ3n) is 4.86. The highest BCUT2D eigenvalue weighted by molar-refractivity contribution is 6.01. The predicted molar refractivity (Wildman–Crippen MR) is 94.9 cm³/mol. The van der Waals surface area contributed by atoms with Crippen LogP contribution in [0.5, 0.6) is 0 Å². The largest absolute Gasteiger partial charge is 0.338 e. The van der Waals surface area contributed by atoms with E-state index in [-0.39, 0.29) is 11.8 Å². The van der Waals surface area contributed by atoms with E-state index in [2.05, 4.69) is 26.5 Å². The fourth-order valence-corrected chi connectivity index (χ4v) is 3.39. The number of nitrogens with one attached hydrogen (secondary N) is 2. The molecule has 0 aliphatic heterocycles. The Bertz CT molecular complexity index is 808. The van der Waals surface area contributed by atoms with Crippen LogP contribution >= 0.6 is 0 Å². The quantitative estimate of drug-likeness (QED) is 0.795. The number of amides is 2. The molecule has 1 aromatic heterocycles. The van der Waals surface area contributed by atoms with Crippen molar-refractivity contribution in [2.75, 3.05) is 11.9 Å². The third kappa shape index (κ3) is 3.57. The van der Waals surface area contributed by atoms with Gasteiger partial charge in [-0.2, -0.15) is 5.10 Å². The molecule has 1 fully saturated rings. The molecule has 2 amide bonds. The van der Waals surface area contributed by atoms with Gasteiger partial charge in [0.15, 0.2) is 5.78 Å². The molecule has 1 saturated carbocycles. The number of nitrogens with zero attached hydrogens (tertiary/aromatic N) is 2. The maximum atomic E-state index is 12.0. The van der Waals surface area contributed by atoms with Gasteiger partial charge in [-0.05, 0) is 55.5 Å². The van der Waals surface area contributed by atoms with Crippen molar-refractivity contribution in [3.05, 3.63) is 47.3 Å². The number of hydrogen-bond donors (Lipinski definition) is 2. The Hall–Kier alpha value is -2.63. The van der Waals surface area contributed by atoms with Gasteiger partial charge < -0.3 is 10.6 Å². The van der Waals surface area contributed by atoms with E-state index >= 15 is 0 Å². The summed E-state index contributed by atoms with van der Waals surface area (Å²) in [6, 6.07) is 7.36.